The van der Waals surface area contributed by atoms with Gasteiger partial charge in [0.15, 0.2) is 14.6 Å². The molecular weight excluding hydrogens is 462 g/mol. The largest absolute Gasteiger partial charge is 0.459 e. The van der Waals surface area contributed by atoms with Crippen molar-refractivity contribution in [1.29, 1.82) is 0 Å². The van der Waals surface area contributed by atoms with Crippen LogP contribution in [0.1, 0.15) is 38.1 Å². The number of ether oxygens (including phenoxy) is 3. The predicted molar refractivity (Wildman–Crippen MR) is 123 cm³/mol. The van der Waals surface area contributed by atoms with E-state index in [1.54, 1.807) is 30.3 Å². The van der Waals surface area contributed by atoms with Gasteiger partial charge in [0.1, 0.15) is 31.0 Å². The summed E-state index contributed by atoms with van der Waals surface area (Å²) in [7, 11) is -2.51. The Morgan fingerprint density at radius 2 is 1.82 bits per heavy atom. The highest BCUT2D eigenvalue weighted by atomic mass is 28.4. The van der Waals surface area contributed by atoms with Gasteiger partial charge in [0, 0.05) is 11.8 Å². The number of hydrogen-bond donors (Lipinski definition) is 1. The van der Waals surface area contributed by atoms with Crippen molar-refractivity contribution in [3.63, 3.8) is 0 Å². The molecule has 0 radical (unpaired) electrons. The first kappa shape index (κ1) is 27.5. The van der Waals surface area contributed by atoms with Crippen molar-refractivity contribution in [3.05, 3.63) is 46.3 Å². The number of rotatable bonds is 8. The van der Waals surface area contributed by atoms with E-state index in [0.29, 0.717) is 5.56 Å². The van der Waals surface area contributed by atoms with Crippen LogP contribution in [-0.2, 0) is 28.2 Å². The number of carbonyl (C=O) groups excluding carboxylic acids is 3. The molecule has 5 atom stereocenters. The summed E-state index contributed by atoms with van der Waals surface area (Å²) in [6.07, 6.45) is -5.43. The maximum atomic E-state index is 12.4. The molecule has 12 heteroatoms. The Morgan fingerprint density at radius 1 is 1.21 bits per heavy atom. The third-order valence-electron chi connectivity index (χ3n) is 5.96. The van der Waals surface area contributed by atoms with E-state index in [9.17, 15) is 19.5 Å². The zero-order valence-electron chi connectivity index (χ0n) is 20.1. The van der Waals surface area contributed by atoms with Gasteiger partial charge in [0.05, 0.1) is 5.56 Å². The molecule has 1 heterocycles. The van der Waals surface area contributed by atoms with Crippen LogP contribution in [0.2, 0.25) is 18.1 Å². The van der Waals surface area contributed by atoms with Crippen molar-refractivity contribution < 1.29 is 38.1 Å². The molecule has 1 aromatic carbocycles. The Bertz CT molecular complexity index is 943. The van der Waals surface area contributed by atoms with Gasteiger partial charge in [-0.05, 0) is 35.8 Å². The highest BCUT2D eigenvalue weighted by Crippen LogP contribution is 2.39. The molecule has 186 valence electrons. The lowest BCUT2D eigenvalue weighted by atomic mass is 9.97. The molecule has 0 aliphatic carbocycles. The van der Waals surface area contributed by atoms with Crippen molar-refractivity contribution >= 4 is 26.0 Å². The van der Waals surface area contributed by atoms with E-state index in [-0.39, 0.29) is 5.04 Å². The maximum Gasteiger partial charge on any atom is 0.374 e. The van der Waals surface area contributed by atoms with E-state index in [1.807, 2.05) is 33.9 Å². The van der Waals surface area contributed by atoms with Crippen LogP contribution in [0.15, 0.2) is 35.4 Å². The molecular formula is C22H31N3O8Si. The van der Waals surface area contributed by atoms with Crippen LogP contribution >= 0.6 is 0 Å². The third-order valence-corrected chi connectivity index (χ3v) is 10.4. The van der Waals surface area contributed by atoms with Crippen LogP contribution in [0.3, 0.4) is 0 Å². The van der Waals surface area contributed by atoms with Crippen molar-refractivity contribution in [2.45, 2.75) is 76.5 Å². The Kier molecular flexibility index (Phi) is 8.98. The van der Waals surface area contributed by atoms with Gasteiger partial charge in [-0.3, -0.25) is 4.79 Å². The van der Waals surface area contributed by atoms with E-state index >= 15 is 0 Å². The first-order valence-electron chi connectivity index (χ1n) is 10.8. The van der Waals surface area contributed by atoms with Crippen LogP contribution in [0.5, 0.6) is 0 Å². The number of aliphatic hydroxyl groups excluding tert-OH is 1. The van der Waals surface area contributed by atoms with E-state index < -0.39 is 63.3 Å². The third kappa shape index (κ3) is 6.64. The SMILES string of the molecule is CC(=O)C(=O)O[C@@H]1C(N=[N+]=[N-])C(O[Si](C)(C)C(C)(C)C)OC(COC(=O)c2ccccc2)[C@H]1O. The minimum Gasteiger partial charge on any atom is -0.459 e. The Hall–Kier alpha value is -2.76. The Balaban J connectivity index is 2.34. The number of esters is 2. The Labute approximate surface area is 199 Å². The fourth-order valence-corrected chi connectivity index (χ4v) is 4.07. The van der Waals surface area contributed by atoms with Gasteiger partial charge in [0.25, 0.3) is 0 Å². The molecule has 0 bridgehead atoms. The molecule has 2 rings (SSSR count). The minimum atomic E-state index is -2.51. The summed E-state index contributed by atoms with van der Waals surface area (Å²) in [5.74, 6) is -2.75. The summed E-state index contributed by atoms with van der Waals surface area (Å²) in [5.41, 5.74) is 9.41. The zero-order valence-corrected chi connectivity index (χ0v) is 21.1. The number of hydrogen-bond acceptors (Lipinski definition) is 9. The highest BCUT2D eigenvalue weighted by Gasteiger charge is 2.51. The monoisotopic (exact) mass is 493 g/mol. The lowest BCUT2D eigenvalue weighted by Gasteiger charge is -2.46. The molecule has 1 aliphatic heterocycles. The van der Waals surface area contributed by atoms with Crippen molar-refractivity contribution in [2.75, 3.05) is 6.61 Å². The Morgan fingerprint density at radius 3 is 2.35 bits per heavy atom. The first-order chi connectivity index (χ1) is 15.8. The molecule has 1 aliphatic rings. The zero-order chi connectivity index (χ0) is 25.7. The molecule has 0 aromatic heterocycles. The fraction of sp³-hybridized carbons (Fsp3) is 0.591. The number of nitrogens with zero attached hydrogens (tertiary/aromatic N) is 3. The van der Waals surface area contributed by atoms with Crippen molar-refractivity contribution in [1.82, 2.24) is 0 Å². The molecule has 1 saturated heterocycles. The average molecular weight is 494 g/mol. The molecule has 0 amide bonds. The normalized spacial score (nSPS) is 25.1. The lowest BCUT2D eigenvalue weighted by Crippen LogP contribution is -2.62. The van der Waals surface area contributed by atoms with E-state index in [4.69, 9.17) is 24.2 Å². The topological polar surface area (TPSA) is 157 Å². The second kappa shape index (κ2) is 11.1. The standard InChI is InChI=1S/C22H31N3O8Si/c1-13(26)19(28)32-18-16(24-25-23)21(33-34(5,6)22(2,3)4)31-15(17(18)27)12-30-20(29)14-10-8-7-9-11-14/h7-11,15-18,21,27H,12H2,1-6H3/t15?,16?,17-,18-,21?/m1/s1. The van der Waals surface area contributed by atoms with E-state index in [0.717, 1.165) is 6.92 Å². The highest BCUT2D eigenvalue weighted by molar-refractivity contribution is 6.74. The summed E-state index contributed by atoms with van der Waals surface area (Å²) in [6, 6.07) is 6.95. The predicted octanol–water partition coefficient (Wildman–Crippen LogP) is 3.13. The molecule has 0 spiro atoms. The maximum absolute atomic E-state index is 12.4. The second-order valence-corrected chi connectivity index (χ2v) is 14.3. The molecule has 3 unspecified atom stereocenters. The van der Waals surface area contributed by atoms with Gasteiger partial charge in [-0.2, -0.15) is 0 Å². The summed E-state index contributed by atoms with van der Waals surface area (Å²) in [5, 5.41) is 14.3. The van der Waals surface area contributed by atoms with Crippen LogP contribution in [0.4, 0.5) is 0 Å². The molecule has 34 heavy (non-hydrogen) atoms. The number of aliphatic hydroxyl groups is 1. The van der Waals surface area contributed by atoms with E-state index in [1.165, 1.54) is 0 Å². The molecule has 1 aromatic rings. The van der Waals surface area contributed by atoms with Crippen LogP contribution in [0.25, 0.3) is 10.4 Å². The number of ketones is 1. The van der Waals surface area contributed by atoms with Gasteiger partial charge >= 0.3 is 11.9 Å². The van der Waals surface area contributed by atoms with Gasteiger partial charge in [-0.25, -0.2) is 9.59 Å². The van der Waals surface area contributed by atoms with Crippen LogP contribution in [-0.4, -0.2) is 68.4 Å². The van der Waals surface area contributed by atoms with E-state index in [2.05, 4.69) is 10.0 Å². The van der Waals surface area contributed by atoms with Gasteiger partial charge in [0.2, 0.25) is 5.78 Å². The second-order valence-electron chi connectivity index (χ2n) is 9.50. The van der Waals surface area contributed by atoms with Crippen LogP contribution in [0, 0.1) is 0 Å². The number of benzene rings is 1. The number of carbonyl (C=O) groups is 3. The molecule has 11 nitrogen and oxygen atoms in total. The van der Waals surface area contributed by atoms with Crippen molar-refractivity contribution in [3.8, 4) is 0 Å². The minimum absolute atomic E-state index is 0.256. The molecule has 1 fully saturated rings. The summed E-state index contributed by atoms with van der Waals surface area (Å²) >= 11 is 0. The van der Waals surface area contributed by atoms with Gasteiger partial charge in [-0.1, -0.05) is 44.1 Å². The average Bonchev–Trinajstić information content (AvgIpc) is 2.76. The number of azide groups is 1. The summed E-state index contributed by atoms with van der Waals surface area (Å²) in [4.78, 5) is 38.7. The quantitative estimate of drug-likeness (QED) is 0.144. The van der Waals surface area contributed by atoms with Gasteiger partial charge < -0.3 is 23.7 Å². The summed E-state index contributed by atoms with van der Waals surface area (Å²) in [6.45, 7) is 10.5. The molecule has 0 saturated carbocycles. The number of Topliss-reactive ketones (excluding diaryl/α,β-unsaturated/α-hetero) is 1. The fourth-order valence-electron chi connectivity index (χ4n) is 2.95. The van der Waals surface area contributed by atoms with Gasteiger partial charge in [-0.15, -0.1) is 0 Å². The lowest BCUT2D eigenvalue weighted by molar-refractivity contribution is -0.248. The van der Waals surface area contributed by atoms with Crippen molar-refractivity contribution in [2.24, 2.45) is 5.11 Å². The van der Waals surface area contributed by atoms with Crippen LogP contribution < -0.4 is 0 Å². The first-order valence-corrected chi connectivity index (χ1v) is 13.7. The molecule has 1 N–H and O–H groups in total. The smallest absolute Gasteiger partial charge is 0.374 e. The summed E-state index contributed by atoms with van der Waals surface area (Å²) < 4.78 is 22.7.